The first-order chi connectivity index (χ1) is 67.1. The first-order valence-electron chi connectivity index (χ1n) is 42.5. The van der Waals surface area contributed by atoms with E-state index in [1.807, 2.05) is 53.9 Å². The Labute approximate surface area is 795 Å². The summed E-state index contributed by atoms with van der Waals surface area (Å²) in [4.78, 5) is 104. The number of halogens is 12. The number of alkyl halides is 12. The van der Waals surface area contributed by atoms with Crippen molar-refractivity contribution in [2.45, 2.75) is 77.3 Å². The van der Waals surface area contributed by atoms with E-state index in [1.165, 1.54) is 65.5 Å². The van der Waals surface area contributed by atoms with E-state index in [0.717, 1.165) is 33.5 Å². The molecule has 140 heavy (non-hydrogen) atoms. The van der Waals surface area contributed by atoms with E-state index in [4.69, 9.17) is 23.7 Å². The first kappa shape index (κ1) is 98.0. The number of aromatic amines is 1. The van der Waals surface area contributed by atoms with Crippen LogP contribution in [0.3, 0.4) is 0 Å². The van der Waals surface area contributed by atoms with Gasteiger partial charge in [-0.25, -0.2) is 63.7 Å². The van der Waals surface area contributed by atoms with Crippen LogP contribution >= 0.6 is 11.3 Å². The highest BCUT2D eigenvalue weighted by atomic mass is 32.1. The standard InChI is InChI=1S/C24H20F3N7O2.C24H19F3N6O2S.C24H24F3N5O2.C23H22F3N5O3/c1-36-20-8-6-18(7-9-20)33-13-17-10-28-22(29-14-24(25,26)27)32-21(17)34(23(33)35)19-4-2-15(3-5-19)16-11-30-31-12-16;1-35-19-8-6-17(7-9-19)32-11-16-10-28-22(29-13-24(25,26)27)31-21(16)33(23(32)34)18-4-2-15(3-5-18)20-12-36-14-30-20;1-15(2)16-4-6-19(7-5-16)32-21-17(12-28-22(30-21)29-14-24(25,26)27)13-31(23(32)33)18-8-10-20(34-3)11-9-18;1-33-13-15-3-5-18(6-4-15)31-20-16(11-27-21(29-20)28-14-23(24,25)26)12-30(22(31)32)17-7-9-19(34-2)10-8-17/h2-12H,13-14H2,1H3,(H,30,31)(H,28,29,32);2-10,12,14H,11,13H2,1H3,(H,28,29,31);4-12,15H,13-14H2,1-3H3,(H,28,29,30);3-11H,12-14H2,1-2H3,(H,27,28,29). The SMILES string of the molecule is COCc1ccc(N2C(=O)N(c3ccc(OC)cc3)Cc3cnc(NCC(F)(F)F)nc32)cc1.COc1ccc(N2Cc3cnc(NCC(F)(F)F)nc3N(c3ccc(-c4cn[nH]c4)cc3)C2=O)cc1.COc1ccc(N2Cc3cnc(NCC(F)(F)F)nc3N(c3ccc(-c4cscn4)cc3)C2=O)cc1.COc1ccc(N2Cc3cnc(NCC(F)(F)F)nc3N(c3ccc(C(C)C)cc3)C2=O)cc1. The third kappa shape index (κ3) is 23.8. The summed E-state index contributed by atoms with van der Waals surface area (Å²) in [6.45, 7) is -0.0188. The number of carbonyl (C=O) groups excluding carboxylic acids is 4. The van der Waals surface area contributed by atoms with Crippen molar-refractivity contribution in [3.05, 3.63) is 276 Å². The number of anilines is 16. The number of rotatable bonds is 25. The second-order valence-corrected chi connectivity index (χ2v) is 32.2. The first-order valence-corrected chi connectivity index (χ1v) is 43.5. The molecule has 4 aliphatic heterocycles. The van der Waals surface area contributed by atoms with Crippen molar-refractivity contribution in [3.8, 4) is 45.4 Å². The van der Waals surface area contributed by atoms with Crippen molar-refractivity contribution in [1.82, 2.24) is 55.1 Å². The summed E-state index contributed by atoms with van der Waals surface area (Å²) in [5, 5.41) is 17.3. The lowest BCUT2D eigenvalue weighted by molar-refractivity contribution is -0.116. The highest BCUT2D eigenvalue weighted by Gasteiger charge is 2.42. The summed E-state index contributed by atoms with van der Waals surface area (Å²) in [5.74, 6) is 2.88. The van der Waals surface area contributed by atoms with Crippen LogP contribution in [0.25, 0.3) is 22.4 Å². The number of thiazole rings is 1. The Bertz CT molecular complexity index is 6420. The number of methoxy groups -OCH3 is 5. The molecule has 18 rings (SSSR count). The van der Waals surface area contributed by atoms with Crippen LogP contribution in [0.1, 0.15) is 53.1 Å². The average molecular weight is 1950 g/mol. The van der Waals surface area contributed by atoms with Gasteiger partial charge in [0.2, 0.25) is 23.8 Å². The molecule has 0 aliphatic carbocycles. The third-order valence-corrected chi connectivity index (χ3v) is 22.3. The number of nitrogens with zero attached hydrogens (tertiary/aromatic N) is 18. The Morgan fingerprint density at radius 1 is 0.350 bits per heavy atom. The molecule has 32 nitrogen and oxygen atoms in total. The van der Waals surface area contributed by atoms with Crippen LogP contribution in [0, 0.1) is 0 Å². The second kappa shape index (κ2) is 42.4. The van der Waals surface area contributed by atoms with Gasteiger partial charge >= 0.3 is 48.8 Å². The number of nitrogens with one attached hydrogen (secondary N) is 5. The van der Waals surface area contributed by atoms with Gasteiger partial charge in [-0.15, -0.1) is 11.3 Å². The van der Waals surface area contributed by atoms with Crippen LogP contribution in [0.4, 0.5) is 164 Å². The molecule has 0 spiro atoms. The number of H-pyrrole nitrogens is 1. The number of hydrogen-bond donors (Lipinski definition) is 5. The van der Waals surface area contributed by atoms with Crippen LogP contribution in [0.5, 0.6) is 23.0 Å². The van der Waals surface area contributed by atoms with E-state index in [9.17, 15) is 71.9 Å². The van der Waals surface area contributed by atoms with Gasteiger partial charge in [-0.05, 0) is 168 Å². The number of benzene rings is 8. The molecule has 5 N–H and O–H groups in total. The number of hydrogen-bond acceptors (Lipinski definition) is 24. The lowest BCUT2D eigenvalue weighted by Gasteiger charge is -2.36. The van der Waals surface area contributed by atoms with Crippen molar-refractivity contribution in [2.24, 2.45) is 0 Å². The smallest absolute Gasteiger partial charge is 0.405 e. The number of fused-ring (bicyclic) bond motifs is 4. The van der Waals surface area contributed by atoms with Gasteiger partial charge in [0.15, 0.2) is 23.3 Å². The summed E-state index contributed by atoms with van der Waals surface area (Å²) in [6.07, 6.45) is -8.59. The van der Waals surface area contributed by atoms with E-state index in [1.54, 1.807) is 209 Å². The quantitative estimate of drug-likeness (QED) is 0.0332. The zero-order valence-electron chi connectivity index (χ0n) is 75.2. The third-order valence-electron chi connectivity index (χ3n) is 21.7. The maximum atomic E-state index is 13.7. The molecule has 10 heterocycles. The van der Waals surface area contributed by atoms with Crippen LogP contribution in [0.15, 0.2) is 242 Å². The summed E-state index contributed by atoms with van der Waals surface area (Å²) >= 11 is 1.47. The van der Waals surface area contributed by atoms with Gasteiger partial charge in [0.25, 0.3) is 0 Å². The molecule has 45 heteroatoms. The molecular weight excluding hydrogens is 1870 g/mol. The fraction of sp³-hybridized carbons (Fsp3) is 0.221. The maximum Gasteiger partial charge on any atom is 0.405 e. The van der Waals surface area contributed by atoms with Gasteiger partial charge in [-0.2, -0.15) is 77.7 Å². The van der Waals surface area contributed by atoms with Crippen molar-refractivity contribution in [2.75, 3.05) is 122 Å². The Morgan fingerprint density at radius 3 is 0.879 bits per heavy atom. The summed E-state index contributed by atoms with van der Waals surface area (Å²) < 4.78 is 178. The van der Waals surface area contributed by atoms with Gasteiger partial charge in [-0.3, -0.25) is 24.7 Å². The zero-order chi connectivity index (χ0) is 99.3. The van der Waals surface area contributed by atoms with Crippen molar-refractivity contribution in [1.29, 1.82) is 0 Å². The molecule has 0 fully saturated rings. The minimum atomic E-state index is -4.44. The minimum absolute atomic E-state index is 0.143. The van der Waals surface area contributed by atoms with E-state index in [0.29, 0.717) is 103 Å². The molecule has 0 saturated carbocycles. The van der Waals surface area contributed by atoms with Gasteiger partial charge in [0.05, 0.1) is 101 Å². The molecule has 0 bridgehead atoms. The molecule has 8 amide bonds. The van der Waals surface area contributed by atoms with Crippen LogP contribution in [-0.4, -0.2) is 166 Å². The number of urea groups is 4. The monoisotopic (exact) mass is 1950 g/mol. The van der Waals surface area contributed by atoms with E-state index in [-0.39, 0.29) is 79.3 Å². The fourth-order valence-corrected chi connectivity index (χ4v) is 15.3. The summed E-state index contributed by atoms with van der Waals surface area (Å²) in [7, 11) is 7.79. The Morgan fingerprint density at radius 2 is 0.629 bits per heavy atom. The van der Waals surface area contributed by atoms with Gasteiger partial charge < -0.3 is 45.0 Å². The fourth-order valence-electron chi connectivity index (χ4n) is 14.7. The second-order valence-electron chi connectivity index (χ2n) is 31.5. The predicted octanol–water partition coefficient (Wildman–Crippen LogP) is 21.7. The Hall–Kier alpha value is -16.5. The summed E-state index contributed by atoms with van der Waals surface area (Å²) in [6, 6.07) is 55.2. The average Bonchev–Trinajstić information content (AvgIpc) is 0.849. The lowest BCUT2D eigenvalue weighted by atomic mass is 10.0. The van der Waals surface area contributed by atoms with Crippen molar-refractivity contribution >= 4 is 128 Å². The van der Waals surface area contributed by atoms with Gasteiger partial charge in [0.1, 0.15) is 49.2 Å². The van der Waals surface area contributed by atoms with Crippen LogP contribution in [-0.2, 0) is 37.5 Å². The topological polar surface area (TPSA) is 333 Å². The van der Waals surface area contributed by atoms with Gasteiger partial charge in [0, 0.05) is 99.6 Å². The molecule has 0 saturated heterocycles. The lowest BCUT2D eigenvalue weighted by Crippen LogP contribution is -2.45. The highest BCUT2D eigenvalue weighted by molar-refractivity contribution is 7.07. The minimum Gasteiger partial charge on any atom is -0.497 e. The maximum absolute atomic E-state index is 13.7. The number of carbonyl (C=O) groups is 4. The molecule has 0 radical (unpaired) electrons. The van der Waals surface area contributed by atoms with Crippen LogP contribution in [0.2, 0.25) is 0 Å². The summed E-state index contributed by atoms with van der Waals surface area (Å²) in [5.41, 5.74) is 14.0. The van der Waals surface area contributed by atoms with E-state index < -0.39 is 69.0 Å². The normalized spacial score (nSPS) is 13.6. The van der Waals surface area contributed by atoms with Crippen molar-refractivity contribution in [3.63, 3.8) is 0 Å². The predicted molar refractivity (Wildman–Crippen MR) is 502 cm³/mol. The molecule has 6 aromatic heterocycles. The Kier molecular flexibility index (Phi) is 29.7. The molecule has 0 atom stereocenters. The van der Waals surface area contributed by atoms with E-state index in [2.05, 4.69) is 90.2 Å². The number of amides is 8. The zero-order valence-corrected chi connectivity index (χ0v) is 76.0. The number of ether oxygens (including phenoxy) is 5. The van der Waals surface area contributed by atoms with Gasteiger partial charge in [-0.1, -0.05) is 62.4 Å². The molecule has 0 unspecified atom stereocenters. The molecule has 4 aliphatic rings. The Balaban J connectivity index is 0.000000141. The number of aromatic nitrogens is 11. The molecular formula is C95H85F12N23O9S. The molecule has 724 valence electrons. The molecule has 14 aromatic rings. The molecule has 8 aromatic carbocycles. The van der Waals surface area contributed by atoms with Crippen LogP contribution < -0.4 is 79.4 Å². The van der Waals surface area contributed by atoms with E-state index >= 15 is 0 Å². The largest absolute Gasteiger partial charge is 0.497 e. The highest BCUT2D eigenvalue weighted by Crippen LogP contribution is 2.44. The van der Waals surface area contributed by atoms with Crippen molar-refractivity contribution < 1.29 is 95.5 Å².